The van der Waals surface area contributed by atoms with E-state index in [1.165, 1.54) is 12.1 Å². The van der Waals surface area contributed by atoms with Crippen molar-refractivity contribution in [2.24, 2.45) is 0 Å². The van der Waals surface area contributed by atoms with Gasteiger partial charge in [0, 0.05) is 12.4 Å². The van der Waals surface area contributed by atoms with E-state index in [1.54, 1.807) is 13.0 Å². The van der Waals surface area contributed by atoms with Gasteiger partial charge in [-0.2, -0.15) is 0 Å². The van der Waals surface area contributed by atoms with E-state index in [1.807, 2.05) is 0 Å². The summed E-state index contributed by atoms with van der Waals surface area (Å²) in [5.41, 5.74) is 1.11. The molecule has 0 aliphatic heterocycles. The molecule has 3 nitrogen and oxygen atoms in total. The summed E-state index contributed by atoms with van der Waals surface area (Å²) in [6.45, 7) is 1.78. The normalized spacial score (nSPS) is 8.36. The fourth-order valence-corrected chi connectivity index (χ4v) is 0.963. The maximum Gasteiger partial charge on any atom is 1.00 e. The van der Waals surface area contributed by atoms with Gasteiger partial charge < -0.3 is 15.0 Å². The van der Waals surface area contributed by atoms with E-state index in [2.05, 4.69) is 0 Å². The molecule has 0 amide bonds. The molecule has 64 valence electrons. The van der Waals surface area contributed by atoms with Gasteiger partial charge in [-0.25, -0.2) is 0 Å². The first kappa shape index (κ1) is 16.9. The number of carboxylic acids is 1. The van der Waals surface area contributed by atoms with Crippen molar-refractivity contribution in [1.29, 1.82) is 0 Å². The molecule has 14 heavy (non-hydrogen) atoms. The SMILES string of the molecule is Cc1ccc(CC(=O)[O-])c([O-])c1.[Na+].[Na+]. The van der Waals surface area contributed by atoms with E-state index < -0.39 is 5.97 Å². The van der Waals surface area contributed by atoms with Crippen LogP contribution in [-0.4, -0.2) is 5.97 Å². The van der Waals surface area contributed by atoms with Gasteiger partial charge in [0.25, 0.3) is 0 Å². The zero-order valence-corrected chi connectivity index (χ0v) is 12.7. The second-order valence-corrected chi connectivity index (χ2v) is 2.66. The molecule has 0 bridgehead atoms. The van der Waals surface area contributed by atoms with Crippen molar-refractivity contribution >= 4 is 5.97 Å². The average molecular weight is 210 g/mol. The van der Waals surface area contributed by atoms with Gasteiger partial charge in [0.2, 0.25) is 0 Å². The maximum absolute atomic E-state index is 11.1. The quantitative estimate of drug-likeness (QED) is 0.456. The van der Waals surface area contributed by atoms with Crippen LogP contribution < -0.4 is 69.3 Å². The molecule has 0 unspecified atom stereocenters. The molecule has 0 aliphatic carbocycles. The number of carbonyl (C=O) groups excluding carboxylic acids is 1. The van der Waals surface area contributed by atoms with E-state index in [9.17, 15) is 15.0 Å². The Hall–Kier alpha value is 0.490. The molecule has 1 aromatic rings. The van der Waals surface area contributed by atoms with Crippen LogP contribution in [0.4, 0.5) is 0 Å². The second-order valence-electron chi connectivity index (χ2n) is 2.66. The van der Waals surface area contributed by atoms with Crippen LogP contribution in [0.3, 0.4) is 0 Å². The summed E-state index contributed by atoms with van der Waals surface area (Å²) in [4.78, 5) is 10.2. The number of rotatable bonds is 2. The van der Waals surface area contributed by atoms with Gasteiger partial charge in [0.1, 0.15) is 0 Å². The molecule has 1 aromatic carbocycles. The number of benzene rings is 1. The van der Waals surface area contributed by atoms with Crippen LogP contribution in [0.25, 0.3) is 0 Å². The molecule has 0 N–H and O–H groups in total. The second kappa shape index (κ2) is 7.74. The van der Waals surface area contributed by atoms with E-state index in [4.69, 9.17) is 0 Å². The zero-order chi connectivity index (χ0) is 9.14. The topological polar surface area (TPSA) is 63.2 Å². The Morgan fingerprint density at radius 1 is 1.36 bits per heavy atom. The van der Waals surface area contributed by atoms with Crippen molar-refractivity contribution in [3.8, 4) is 5.75 Å². The molecule has 0 atom stereocenters. The molecule has 1 rings (SSSR count). The Labute approximate surface area is 127 Å². The van der Waals surface area contributed by atoms with Gasteiger partial charge in [0.05, 0.1) is 0 Å². The van der Waals surface area contributed by atoms with Crippen molar-refractivity contribution in [2.45, 2.75) is 13.3 Å². The molecule has 0 saturated carbocycles. The number of aryl methyl sites for hydroxylation is 1. The standard InChI is InChI=1S/C9H10O3.2Na/c1-6-2-3-7(5-9(11)12)8(10)4-6;;/h2-4,10H,5H2,1H3,(H,11,12);;/q;2*+1/p-2. The number of hydrogen-bond donors (Lipinski definition) is 0. The maximum atomic E-state index is 11.1. The summed E-state index contributed by atoms with van der Waals surface area (Å²) in [6.07, 6.45) is -0.306. The Balaban J connectivity index is 0. The van der Waals surface area contributed by atoms with Crippen molar-refractivity contribution in [1.82, 2.24) is 0 Å². The van der Waals surface area contributed by atoms with Gasteiger partial charge >= 0.3 is 59.1 Å². The summed E-state index contributed by atoms with van der Waals surface area (Å²) in [6, 6.07) is 4.64. The van der Waals surface area contributed by atoms with Gasteiger partial charge in [0.15, 0.2) is 0 Å². The Morgan fingerprint density at radius 3 is 2.36 bits per heavy atom. The van der Waals surface area contributed by atoms with Crippen LogP contribution in [0, 0.1) is 6.92 Å². The molecule has 5 heteroatoms. The molecular formula is C9H8Na2O3. The van der Waals surface area contributed by atoms with Crippen molar-refractivity contribution < 1.29 is 74.1 Å². The molecule has 0 saturated heterocycles. The van der Waals surface area contributed by atoms with Gasteiger partial charge in [-0.1, -0.05) is 29.3 Å². The van der Waals surface area contributed by atoms with Crippen LogP contribution in [0.2, 0.25) is 0 Å². The third-order valence-corrected chi connectivity index (χ3v) is 1.56. The molecule has 0 aromatic heterocycles. The Bertz CT molecular complexity index is 313. The fraction of sp³-hybridized carbons (Fsp3) is 0.222. The van der Waals surface area contributed by atoms with Gasteiger partial charge in [-0.15, -0.1) is 5.75 Å². The number of carboxylic acid groups (broad SMARTS) is 1. The van der Waals surface area contributed by atoms with Crippen LogP contribution in [0.5, 0.6) is 5.75 Å². The minimum atomic E-state index is -1.23. The first-order valence-electron chi connectivity index (χ1n) is 3.56. The third kappa shape index (κ3) is 5.39. The predicted octanol–water partition coefficient (Wildman–Crippen LogP) is -6.63. The summed E-state index contributed by atoms with van der Waals surface area (Å²) in [5, 5.41) is 21.2. The number of aliphatic carboxylic acids is 1. The molecule has 0 aliphatic rings. The van der Waals surface area contributed by atoms with Crippen LogP contribution >= 0.6 is 0 Å². The van der Waals surface area contributed by atoms with Crippen LogP contribution in [-0.2, 0) is 11.2 Å². The molecule has 0 spiro atoms. The largest absolute Gasteiger partial charge is 1.00 e. The van der Waals surface area contributed by atoms with Gasteiger partial charge in [-0.3, -0.25) is 0 Å². The average Bonchev–Trinajstić information content (AvgIpc) is 1.94. The Kier molecular flexibility index (Phi) is 9.34. The van der Waals surface area contributed by atoms with E-state index >= 15 is 0 Å². The molecule has 0 fully saturated rings. The van der Waals surface area contributed by atoms with Crippen molar-refractivity contribution in [3.05, 3.63) is 29.3 Å². The minimum absolute atomic E-state index is 0. The third-order valence-electron chi connectivity index (χ3n) is 1.56. The van der Waals surface area contributed by atoms with E-state index in [-0.39, 0.29) is 76.8 Å². The predicted molar refractivity (Wildman–Crippen MR) is 39.3 cm³/mol. The zero-order valence-electron chi connectivity index (χ0n) is 8.66. The Morgan fingerprint density at radius 2 is 1.93 bits per heavy atom. The fourth-order valence-electron chi connectivity index (χ4n) is 0.963. The first-order valence-corrected chi connectivity index (χ1v) is 3.56. The number of hydrogen-bond acceptors (Lipinski definition) is 3. The smallest absolute Gasteiger partial charge is 0.872 e. The summed E-state index contributed by atoms with van der Waals surface area (Å²) in [5.74, 6) is -1.46. The van der Waals surface area contributed by atoms with E-state index in [0.29, 0.717) is 0 Å². The van der Waals surface area contributed by atoms with E-state index in [0.717, 1.165) is 5.56 Å². The number of carbonyl (C=O) groups is 1. The summed E-state index contributed by atoms with van der Waals surface area (Å²) in [7, 11) is 0. The molecule has 0 radical (unpaired) electrons. The molecule has 0 heterocycles. The minimum Gasteiger partial charge on any atom is -0.872 e. The first-order chi connectivity index (χ1) is 5.59. The van der Waals surface area contributed by atoms with Crippen molar-refractivity contribution in [2.75, 3.05) is 0 Å². The summed E-state index contributed by atoms with van der Waals surface area (Å²) < 4.78 is 0. The monoisotopic (exact) mass is 210 g/mol. The molecular weight excluding hydrogens is 202 g/mol. The van der Waals surface area contributed by atoms with Crippen LogP contribution in [0.1, 0.15) is 11.1 Å². The van der Waals surface area contributed by atoms with Crippen LogP contribution in [0.15, 0.2) is 18.2 Å². The van der Waals surface area contributed by atoms with Gasteiger partial charge in [-0.05, 0) is 6.92 Å². The van der Waals surface area contributed by atoms with Crippen molar-refractivity contribution in [3.63, 3.8) is 0 Å². The summed E-state index contributed by atoms with van der Waals surface area (Å²) >= 11 is 0.